The van der Waals surface area contributed by atoms with E-state index in [-0.39, 0.29) is 17.8 Å². The van der Waals surface area contributed by atoms with Crippen molar-refractivity contribution in [2.45, 2.75) is 18.9 Å². The third kappa shape index (κ3) is 6.65. The van der Waals surface area contributed by atoms with Crippen LogP contribution in [0.25, 0.3) is 0 Å². The average molecular weight is 493 g/mol. The van der Waals surface area contributed by atoms with Gasteiger partial charge in [-0.25, -0.2) is 18.2 Å². The number of hydrogen-bond donors (Lipinski definition) is 2. The first-order valence-corrected chi connectivity index (χ1v) is 12.3. The first-order valence-electron chi connectivity index (χ1n) is 10.1. The molecule has 3 rings (SSSR count). The average Bonchev–Trinajstić information content (AvgIpc) is 3.24. The molecule has 0 spiro atoms. The number of hydrogen-bond acceptors (Lipinski definition) is 5. The number of urea groups is 1. The van der Waals surface area contributed by atoms with E-state index < -0.39 is 16.1 Å². The molecule has 0 saturated carbocycles. The number of amides is 3. The van der Waals surface area contributed by atoms with Gasteiger partial charge in [-0.3, -0.25) is 4.79 Å². The molecular formula is C21H25ClN6O4S. The predicted octanol–water partition coefficient (Wildman–Crippen LogP) is 2.64. The maximum atomic E-state index is 12.9. The SMILES string of the molecule is CN(C)/C(=N\S(C)(=O)=O)c1ccc(NC(=O)[C@H]2CCCN2C(=O)Nc2ccc(Cl)nc2)cc1. The van der Waals surface area contributed by atoms with Gasteiger partial charge < -0.3 is 20.4 Å². The summed E-state index contributed by atoms with van der Waals surface area (Å²) in [5.41, 5.74) is 1.59. The monoisotopic (exact) mass is 492 g/mol. The molecule has 1 saturated heterocycles. The van der Waals surface area contributed by atoms with Crippen molar-refractivity contribution in [3.63, 3.8) is 0 Å². The Morgan fingerprint density at radius 2 is 1.79 bits per heavy atom. The van der Waals surface area contributed by atoms with E-state index in [0.29, 0.717) is 41.5 Å². The van der Waals surface area contributed by atoms with Crippen molar-refractivity contribution in [1.29, 1.82) is 0 Å². The Kier molecular flexibility index (Phi) is 7.54. The molecule has 1 aromatic carbocycles. The summed E-state index contributed by atoms with van der Waals surface area (Å²) in [7, 11) is -0.185. The van der Waals surface area contributed by atoms with E-state index in [4.69, 9.17) is 11.6 Å². The molecule has 2 aromatic rings. The second-order valence-electron chi connectivity index (χ2n) is 7.76. The maximum Gasteiger partial charge on any atom is 0.322 e. The molecule has 12 heteroatoms. The van der Waals surface area contributed by atoms with Gasteiger partial charge in [-0.2, -0.15) is 0 Å². The van der Waals surface area contributed by atoms with E-state index in [9.17, 15) is 18.0 Å². The molecule has 0 bridgehead atoms. The maximum absolute atomic E-state index is 12.9. The number of carbonyl (C=O) groups excluding carboxylic acids is 2. The molecule has 0 radical (unpaired) electrons. The fraction of sp³-hybridized carbons (Fsp3) is 0.333. The number of carbonyl (C=O) groups is 2. The quantitative estimate of drug-likeness (QED) is 0.375. The van der Waals surface area contributed by atoms with Crippen LogP contribution in [0.4, 0.5) is 16.2 Å². The van der Waals surface area contributed by atoms with Gasteiger partial charge in [0.2, 0.25) is 5.91 Å². The van der Waals surface area contributed by atoms with Gasteiger partial charge in [-0.1, -0.05) is 11.6 Å². The van der Waals surface area contributed by atoms with Gasteiger partial charge in [-0.15, -0.1) is 4.40 Å². The lowest BCUT2D eigenvalue weighted by atomic mass is 10.1. The second kappa shape index (κ2) is 10.2. The molecule has 0 aliphatic carbocycles. The number of nitrogens with one attached hydrogen (secondary N) is 2. The number of benzene rings is 1. The molecule has 2 N–H and O–H groups in total. The van der Waals surface area contributed by atoms with Crippen LogP contribution >= 0.6 is 11.6 Å². The molecule has 10 nitrogen and oxygen atoms in total. The summed E-state index contributed by atoms with van der Waals surface area (Å²) in [6, 6.07) is 8.86. The molecule has 2 heterocycles. The van der Waals surface area contributed by atoms with E-state index in [2.05, 4.69) is 20.0 Å². The summed E-state index contributed by atoms with van der Waals surface area (Å²) < 4.78 is 26.9. The first-order chi connectivity index (χ1) is 15.5. The minimum atomic E-state index is -3.57. The summed E-state index contributed by atoms with van der Waals surface area (Å²) in [5.74, 6) is -0.0204. The van der Waals surface area contributed by atoms with Crippen LogP contribution in [-0.2, 0) is 14.8 Å². The Bertz CT molecular complexity index is 1150. The fourth-order valence-electron chi connectivity index (χ4n) is 3.41. The van der Waals surface area contributed by atoms with Gasteiger partial charge in [0.1, 0.15) is 17.0 Å². The van der Waals surface area contributed by atoms with Crippen LogP contribution in [0.15, 0.2) is 47.0 Å². The molecule has 3 amide bonds. The Hall–Kier alpha value is -3.18. The van der Waals surface area contributed by atoms with Crippen molar-refractivity contribution >= 4 is 50.8 Å². The van der Waals surface area contributed by atoms with Crippen LogP contribution in [0.5, 0.6) is 0 Å². The second-order valence-corrected chi connectivity index (χ2v) is 9.80. The third-order valence-electron chi connectivity index (χ3n) is 4.88. The van der Waals surface area contributed by atoms with Crippen LogP contribution in [0.1, 0.15) is 18.4 Å². The van der Waals surface area contributed by atoms with E-state index in [1.807, 2.05) is 0 Å². The van der Waals surface area contributed by atoms with Crippen molar-refractivity contribution in [3.8, 4) is 0 Å². The summed E-state index contributed by atoms with van der Waals surface area (Å²) in [5, 5.41) is 5.87. The normalized spacial score (nSPS) is 16.4. The van der Waals surface area contributed by atoms with Crippen molar-refractivity contribution in [1.82, 2.24) is 14.8 Å². The van der Waals surface area contributed by atoms with Crippen molar-refractivity contribution in [2.24, 2.45) is 4.40 Å². The van der Waals surface area contributed by atoms with Crippen LogP contribution in [0, 0.1) is 0 Å². The van der Waals surface area contributed by atoms with Crippen molar-refractivity contribution in [2.75, 3.05) is 37.5 Å². The molecule has 1 aliphatic heterocycles. The molecule has 1 aromatic heterocycles. The topological polar surface area (TPSA) is 124 Å². The number of aromatic nitrogens is 1. The minimum Gasteiger partial charge on any atom is -0.362 e. The smallest absolute Gasteiger partial charge is 0.322 e. The zero-order valence-electron chi connectivity index (χ0n) is 18.4. The fourth-order valence-corrected chi connectivity index (χ4v) is 4.10. The van der Waals surface area contributed by atoms with Gasteiger partial charge in [-0.05, 0) is 49.2 Å². The predicted molar refractivity (Wildman–Crippen MR) is 128 cm³/mol. The highest BCUT2D eigenvalue weighted by Gasteiger charge is 2.34. The highest BCUT2D eigenvalue weighted by molar-refractivity contribution is 7.89. The van der Waals surface area contributed by atoms with Crippen LogP contribution in [0.2, 0.25) is 5.15 Å². The lowest BCUT2D eigenvalue weighted by Crippen LogP contribution is -2.45. The zero-order valence-corrected chi connectivity index (χ0v) is 20.0. The summed E-state index contributed by atoms with van der Waals surface area (Å²) in [6.45, 7) is 0.456. The zero-order chi connectivity index (χ0) is 24.2. The Morgan fingerprint density at radius 1 is 1.12 bits per heavy atom. The van der Waals surface area contributed by atoms with E-state index in [0.717, 1.165) is 6.26 Å². The van der Waals surface area contributed by atoms with Gasteiger partial charge in [0.05, 0.1) is 18.1 Å². The number of sulfonamides is 1. The van der Waals surface area contributed by atoms with E-state index in [1.165, 1.54) is 11.1 Å². The standard InChI is InChI=1S/C21H25ClN6O4S/c1-27(2)19(26-33(3,31)32)14-6-8-15(9-7-14)24-20(29)17-5-4-12-28(17)21(30)25-16-10-11-18(22)23-13-16/h6-11,13,17H,4-5,12H2,1-3H3,(H,24,29)(H,25,30)/b26-19-/t17-/m1/s1. The highest BCUT2D eigenvalue weighted by atomic mass is 35.5. The van der Waals surface area contributed by atoms with Crippen molar-refractivity contribution in [3.05, 3.63) is 53.3 Å². The highest BCUT2D eigenvalue weighted by Crippen LogP contribution is 2.21. The van der Waals surface area contributed by atoms with Gasteiger partial charge in [0.15, 0.2) is 0 Å². The molecule has 1 fully saturated rings. The summed E-state index contributed by atoms with van der Waals surface area (Å²) >= 11 is 5.76. The van der Waals surface area contributed by atoms with Crippen LogP contribution in [0.3, 0.4) is 0 Å². The molecule has 1 aliphatic rings. The Labute approximate surface area is 197 Å². The van der Waals surface area contributed by atoms with E-state index in [1.54, 1.807) is 55.4 Å². The third-order valence-corrected chi connectivity index (χ3v) is 5.61. The number of halogens is 1. The van der Waals surface area contributed by atoms with Crippen molar-refractivity contribution < 1.29 is 18.0 Å². The summed E-state index contributed by atoms with van der Waals surface area (Å²) in [6.07, 6.45) is 3.72. The molecular weight excluding hydrogens is 468 g/mol. The van der Waals surface area contributed by atoms with Gasteiger partial charge in [0, 0.05) is 31.9 Å². The molecule has 0 unspecified atom stereocenters. The number of anilines is 2. The van der Waals surface area contributed by atoms with Crippen LogP contribution < -0.4 is 10.6 Å². The van der Waals surface area contributed by atoms with E-state index >= 15 is 0 Å². The lowest BCUT2D eigenvalue weighted by Gasteiger charge is -2.24. The Balaban J connectivity index is 1.68. The molecule has 176 valence electrons. The minimum absolute atomic E-state index is 0.283. The Morgan fingerprint density at radius 3 is 2.36 bits per heavy atom. The van der Waals surface area contributed by atoms with Crippen LogP contribution in [-0.4, -0.2) is 73.9 Å². The largest absolute Gasteiger partial charge is 0.362 e. The number of amidine groups is 1. The molecule has 33 heavy (non-hydrogen) atoms. The summed E-state index contributed by atoms with van der Waals surface area (Å²) in [4.78, 5) is 32.6. The number of rotatable bonds is 5. The van der Waals surface area contributed by atoms with Gasteiger partial charge >= 0.3 is 6.03 Å². The number of pyridine rings is 1. The number of likely N-dealkylation sites (tertiary alicyclic amines) is 1. The van der Waals surface area contributed by atoms with Gasteiger partial charge in [0.25, 0.3) is 10.0 Å². The lowest BCUT2D eigenvalue weighted by molar-refractivity contribution is -0.119. The first kappa shape index (κ1) is 24.5. The number of nitrogens with zero attached hydrogens (tertiary/aromatic N) is 4. The molecule has 1 atom stereocenters.